The molecule has 254 valence electrons. The first kappa shape index (κ1) is 24.3. The molecule has 0 atom stereocenters. The van der Waals surface area contributed by atoms with E-state index >= 15 is 0 Å². The maximum absolute atomic E-state index is 10.1. The van der Waals surface area contributed by atoms with Crippen molar-refractivity contribution in [1.29, 1.82) is 0 Å². The third-order valence-electron chi connectivity index (χ3n) is 10.5. The molecule has 9 aromatic rings. The lowest BCUT2D eigenvalue weighted by atomic mass is 9.68. The van der Waals surface area contributed by atoms with E-state index in [1.54, 1.807) is 30.3 Å². The van der Waals surface area contributed by atoms with Crippen LogP contribution in [0.3, 0.4) is 0 Å². The fourth-order valence-corrected chi connectivity index (χ4v) is 8.20. The predicted molar refractivity (Wildman–Crippen MR) is 227 cm³/mol. The summed E-state index contributed by atoms with van der Waals surface area (Å²) in [6.07, 6.45) is 0. The molecule has 9 aromatic carbocycles. The first-order chi connectivity index (χ1) is 30.2. The molecular weight excluding hydrogens is 651 g/mol. The highest BCUT2D eigenvalue weighted by molar-refractivity contribution is 6.00. The minimum atomic E-state index is -0.852. The average molecular weight is 696 g/mol. The van der Waals surface area contributed by atoms with Crippen molar-refractivity contribution in [3.05, 3.63) is 247 Å². The number of fused-ring (bicyclic) bond motifs is 4. The lowest BCUT2D eigenvalue weighted by Crippen LogP contribution is -2.28. The Balaban J connectivity index is 1.37. The highest BCUT2D eigenvalue weighted by atomic mass is 15.1. The molecule has 0 heterocycles. The largest absolute Gasteiger partial charge is 0.310 e. The number of benzene rings is 9. The van der Waals surface area contributed by atoms with Crippen LogP contribution >= 0.6 is 0 Å². The van der Waals surface area contributed by atoms with Crippen molar-refractivity contribution >= 4 is 27.8 Å². The topological polar surface area (TPSA) is 3.24 Å². The Kier molecular flexibility index (Phi) is 5.95. The highest BCUT2D eigenvalue weighted by Gasteiger charge is 2.47. The molecule has 0 aliphatic heterocycles. The summed E-state index contributed by atoms with van der Waals surface area (Å²) in [5, 5.41) is 1.63. The predicted octanol–water partition coefficient (Wildman–Crippen LogP) is 14.0. The molecule has 0 spiro atoms. The zero-order valence-corrected chi connectivity index (χ0v) is 29.2. The minimum absolute atomic E-state index is 0.120. The molecule has 0 unspecified atom stereocenters. The van der Waals surface area contributed by atoms with Crippen LogP contribution in [0, 0.1) is 0 Å². The van der Waals surface area contributed by atoms with Gasteiger partial charge in [0, 0.05) is 16.9 Å². The summed E-state index contributed by atoms with van der Waals surface area (Å²) < 4.78 is 76.8. The highest BCUT2D eigenvalue weighted by Crippen LogP contribution is 2.59. The molecule has 10 rings (SSSR count). The molecule has 0 saturated carbocycles. The van der Waals surface area contributed by atoms with Gasteiger partial charge in [0.2, 0.25) is 0 Å². The minimum Gasteiger partial charge on any atom is -0.310 e. The van der Waals surface area contributed by atoms with E-state index in [-0.39, 0.29) is 58.8 Å². The summed E-state index contributed by atoms with van der Waals surface area (Å²) in [5.74, 6) is 0. The van der Waals surface area contributed by atoms with Crippen molar-refractivity contribution in [2.45, 2.75) is 5.41 Å². The Bertz CT molecular complexity index is 3150. The van der Waals surface area contributed by atoms with Gasteiger partial charge in [-0.3, -0.25) is 0 Å². The first-order valence-corrected chi connectivity index (χ1v) is 18.0. The van der Waals surface area contributed by atoms with Gasteiger partial charge in [0.25, 0.3) is 0 Å². The normalized spacial score (nSPS) is 14.7. The molecule has 1 aliphatic carbocycles. The SMILES string of the molecule is [2H]c1c([2H])c(-c2cccc3ccccc23)c([2H])c(N(c2cccc3c2-c2ccccc2C3(c2ccccc2)c2ccccc2)c2c([2H])c([2H])c(-c3ccccc3)c([2H])c2[2H])c1[2H]. The van der Waals surface area contributed by atoms with Crippen LogP contribution in [0.25, 0.3) is 44.2 Å². The second-order valence-corrected chi connectivity index (χ2v) is 13.4. The summed E-state index contributed by atoms with van der Waals surface area (Å²) in [7, 11) is 0. The van der Waals surface area contributed by atoms with Gasteiger partial charge in [-0.2, -0.15) is 0 Å². The summed E-state index contributed by atoms with van der Waals surface area (Å²) in [6.45, 7) is 0. The van der Waals surface area contributed by atoms with Gasteiger partial charge in [0.1, 0.15) is 0 Å². The van der Waals surface area contributed by atoms with E-state index in [9.17, 15) is 11.0 Å². The Labute approximate surface area is 328 Å². The average Bonchev–Trinajstić information content (AvgIpc) is 3.62. The Morgan fingerprint density at radius 1 is 0.407 bits per heavy atom. The number of hydrogen-bond acceptors (Lipinski definition) is 1. The van der Waals surface area contributed by atoms with Gasteiger partial charge >= 0.3 is 0 Å². The maximum atomic E-state index is 10.1. The monoisotopic (exact) mass is 695 g/mol. The molecule has 1 aliphatic rings. The summed E-state index contributed by atoms with van der Waals surface area (Å²) >= 11 is 0. The van der Waals surface area contributed by atoms with E-state index in [2.05, 4.69) is 36.4 Å². The number of anilines is 3. The molecule has 54 heavy (non-hydrogen) atoms. The molecule has 0 aromatic heterocycles. The number of rotatable bonds is 7. The Hall–Kier alpha value is -6.96. The van der Waals surface area contributed by atoms with Crippen LogP contribution in [-0.2, 0) is 5.41 Å². The molecule has 0 amide bonds. The van der Waals surface area contributed by atoms with Gasteiger partial charge in [-0.1, -0.05) is 194 Å². The molecule has 0 saturated heterocycles. The van der Waals surface area contributed by atoms with Crippen molar-refractivity contribution in [1.82, 2.24) is 0 Å². The van der Waals surface area contributed by atoms with Gasteiger partial charge in [-0.25, -0.2) is 0 Å². The lowest BCUT2D eigenvalue weighted by Gasteiger charge is -2.34. The zero-order valence-electron chi connectivity index (χ0n) is 37.2. The first-order valence-electron chi connectivity index (χ1n) is 22.0. The fraction of sp³-hybridized carbons (Fsp3) is 0.0189. The van der Waals surface area contributed by atoms with Crippen LogP contribution in [0.1, 0.15) is 33.2 Å². The lowest BCUT2D eigenvalue weighted by molar-refractivity contribution is 0.768. The van der Waals surface area contributed by atoms with Crippen LogP contribution in [-0.4, -0.2) is 0 Å². The molecule has 0 bridgehead atoms. The van der Waals surface area contributed by atoms with E-state index in [1.165, 1.54) is 4.90 Å². The van der Waals surface area contributed by atoms with Crippen molar-refractivity contribution < 1.29 is 11.0 Å². The maximum Gasteiger partial charge on any atom is 0.0714 e. The van der Waals surface area contributed by atoms with Crippen LogP contribution in [0.15, 0.2) is 224 Å². The van der Waals surface area contributed by atoms with E-state index in [1.807, 2.05) is 109 Å². The van der Waals surface area contributed by atoms with Gasteiger partial charge < -0.3 is 4.90 Å². The smallest absolute Gasteiger partial charge is 0.0714 e. The van der Waals surface area contributed by atoms with E-state index in [0.717, 1.165) is 38.6 Å². The van der Waals surface area contributed by atoms with Crippen molar-refractivity contribution in [2.24, 2.45) is 0 Å². The van der Waals surface area contributed by atoms with Crippen molar-refractivity contribution in [2.75, 3.05) is 4.90 Å². The summed E-state index contributed by atoms with van der Waals surface area (Å²) in [4.78, 5) is 1.49. The second-order valence-electron chi connectivity index (χ2n) is 13.4. The summed E-state index contributed by atoms with van der Waals surface area (Å²) in [5.41, 5.74) is 5.96. The Morgan fingerprint density at radius 3 is 1.76 bits per heavy atom. The van der Waals surface area contributed by atoms with Crippen LogP contribution in [0.2, 0.25) is 0 Å². The molecule has 0 fully saturated rings. The van der Waals surface area contributed by atoms with Crippen LogP contribution < -0.4 is 4.90 Å². The molecular formula is C53H37N. The van der Waals surface area contributed by atoms with E-state index < -0.39 is 17.5 Å². The fourth-order valence-electron chi connectivity index (χ4n) is 8.20. The van der Waals surface area contributed by atoms with E-state index in [4.69, 9.17) is 0 Å². The van der Waals surface area contributed by atoms with Crippen molar-refractivity contribution in [3.63, 3.8) is 0 Å². The van der Waals surface area contributed by atoms with Crippen molar-refractivity contribution in [3.8, 4) is 33.4 Å². The van der Waals surface area contributed by atoms with Crippen LogP contribution in [0.4, 0.5) is 17.1 Å². The zero-order chi connectivity index (χ0) is 42.9. The standard InChI is InChI=1S/C53H37N/c1-4-17-38(18-5-1)39-33-35-44(36-34-39)54(45-26-14-21-41(37-45)47-29-15-20-40-19-10-11-27-46(40)47)51-32-16-31-50-52(51)48-28-12-13-30-49(48)53(50,42-22-6-2-7-23-42)43-24-8-3-9-25-43/h1-37H/i14D,21D,26D,33D,34D,35D,36D,37D. The Morgan fingerprint density at radius 2 is 1.00 bits per heavy atom. The number of hydrogen-bond donors (Lipinski definition) is 0. The quantitative estimate of drug-likeness (QED) is 0.160. The molecule has 1 heteroatoms. The van der Waals surface area contributed by atoms with Gasteiger partial charge in [-0.05, 0) is 91.1 Å². The van der Waals surface area contributed by atoms with Crippen LogP contribution in [0.5, 0.6) is 0 Å². The molecule has 0 radical (unpaired) electrons. The van der Waals surface area contributed by atoms with Gasteiger partial charge in [0.15, 0.2) is 0 Å². The number of nitrogens with zero attached hydrogens (tertiary/aromatic N) is 1. The third kappa shape index (κ3) is 5.09. The van der Waals surface area contributed by atoms with Gasteiger partial charge in [0.05, 0.1) is 22.1 Å². The van der Waals surface area contributed by atoms with Gasteiger partial charge in [-0.15, -0.1) is 0 Å². The molecule has 1 nitrogen and oxygen atoms in total. The third-order valence-corrected chi connectivity index (χ3v) is 10.5. The van der Waals surface area contributed by atoms with E-state index in [0.29, 0.717) is 22.4 Å². The molecule has 0 N–H and O–H groups in total. The second kappa shape index (κ2) is 13.2. The summed E-state index contributed by atoms with van der Waals surface area (Å²) in [6, 6.07) is 53.7.